The van der Waals surface area contributed by atoms with Gasteiger partial charge in [-0.3, -0.25) is 4.79 Å². The highest BCUT2D eigenvalue weighted by Gasteiger charge is 2.69. The molecule has 3 fully saturated rings. The first-order valence-corrected chi connectivity index (χ1v) is 14.8. The van der Waals surface area contributed by atoms with Gasteiger partial charge in [0.2, 0.25) is 0 Å². The van der Waals surface area contributed by atoms with Gasteiger partial charge in [-0.05, 0) is 61.6 Å². The van der Waals surface area contributed by atoms with E-state index in [1.807, 2.05) is 20.8 Å². The van der Waals surface area contributed by atoms with Crippen molar-refractivity contribution in [3.63, 3.8) is 0 Å². The van der Waals surface area contributed by atoms with Crippen molar-refractivity contribution in [3.05, 3.63) is 23.5 Å². The smallest absolute Gasteiger partial charge is 0.479 e. The molecule has 5 rings (SSSR count). The zero-order valence-corrected chi connectivity index (χ0v) is 24.6. The van der Waals surface area contributed by atoms with Crippen LogP contribution in [0.1, 0.15) is 65.4 Å². The molecule has 0 radical (unpaired) electrons. The number of rotatable bonds is 7. The Kier molecular flexibility index (Phi) is 8.09. The van der Waals surface area contributed by atoms with Gasteiger partial charge in [0.05, 0.1) is 18.8 Å². The standard InChI is InChI=1S/C30H43BFNO8/c1-16-8-10-30-11-9-19(34)26(30)29(16,4)22(12-28(3,21(35)13-33-5)27(37)17(30)2)41-23(36)15-39-20-7-6-18-14-40-31(38)24(18)25(20)32/h6-7,16-17,21-22,26-27,33,35,37-38H,8-15H2,1-5H3/t16-,17-,21-,22+,26-,27-,28-,29-,30-/m0/s1. The molecular weight excluding hydrogens is 532 g/mol. The first-order valence-electron chi connectivity index (χ1n) is 14.8. The molecule has 1 heterocycles. The number of ketones is 1. The molecule has 226 valence electrons. The number of Topliss-reactive ketones (excluding diaryl/α,β-unsaturated/α-hetero) is 1. The van der Waals surface area contributed by atoms with Crippen molar-refractivity contribution in [3.8, 4) is 5.75 Å². The van der Waals surface area contributed by atoms with Crippen molar-refractivity contribution in [2.75, 3.05) is 20.2 Å². The van der Waals surface area contributed by atoms with Crippen molar-refractivity contribution in [1.82, 2.24) is 5.32 Å². The van der Waals surface area contributed by atoms with Crippen LogP contribution in [-0.4, -0.2) is 72.6 Å². The quantitative estimate of drug-likeness (QED) is 0.283. The Morgan fingerprint density at radius 2 is 2.02 bits per heavy atom. The number of hydrogen-bond acceptors (Lipinski definition) is 9. The van der Waals surface area contributed by atoms with Crippen LogP contribution in [0.4, 0.5) is 4.39 Å². The number of esters is 1. The van der Waals surface area contributed by atoms with Crippen LogP contribution < -0.4 is 15.5 Å². The normalized spacial score (nSPS) is 39.0. The van der Waals surface area contributed by atoms with Gasteiger partial charge in [-0.15, -0.1) is 0 Å². The zero-order valence-electron chi connectivity index (χ0n) is 24.6. The van der Waals surface area contributed by atoms with E-state index in [1.54, 1.807) is 13.1 Å². The Morgan fingerprint density at radius 1 is 1.29 bits per heavy atom. The number of aliphatic hydroxyl groups excluding tert-OH is 2. The van der Waals surface area contributed by atoms with Gasteiger partial charge in [0.1, 0.15) is 11.9 Å². The predicted octanol–water partition coefficient (Wildman–Crippen LogP) is 1.72. The van der Waals surface area contributed by atoms with Crippen molar-refractivity contribution in [2.45, 2.75) is 84.7 Å². The molecule has 0 saturated heterocycles. The fourth-order valence-corrected chi connectivity index (χ4v) is 8.76. The highest BCUT2D eigenvalue weighted by molar-refractivity contribution is 6.61. The van der Waals surface area contributed by atoms with Gasteiger partial charge in [0.25, 0.3) is 0 Å². The largest absolute Gasteiger partial charge is 0.494 e. The molecule has 3 aliphatic carbocycles. The third kappa shape index (κ3) is 4.63. The van der Waals surface area contributed by atoms with Crippen molar-refractivity contribution < 1.29 is 43.3 Å². The molecule has 0 amide bonds. The molecule has 1 aromatic carbocycles. The summed E-state index contributed by atoms with van der Waals surface area (Å²) < 4.78 is 31.8. The second-order valence-corrected chi connectivity index (χ2v) is 13.3. The molecule has 9 nitrogen and oxygen atoms in total. The maximum absolute atomic E-state index is 15.0. The van der Waals surface area contributed by atoms with Gasteiger partial charge in [0, 0.05) is 35.2 Å². The number of nitrogens with one attached hydrogen (secondary N) is 1. The number of fused-ring (bicyclic) bond motifs is 1. The third-order valence-corrected chi connectivity index (χ3v) is 11.5. The number of hydrogen-bond donors (Lipinski definition) is 4. The second kappa shape index (κ2) is 10.9. The fraction of sp³-hybridized carbons (Fsp3) is 0.733. The minimum absolute atomic E-state index is 0.00657. The lowest BCUT2D eigenvalue weighted by Gasteiger charge is -2.62. The van der Waals surface area contributed by atoms with E-state index < -0.39 is 66.0 Å². The summed E-state index contributed by atoms with van der Waals surface area (Å²) in [6, 6.07) is 2.97. The lowest BCUT2D eigenvalue weighted by Crippen LogP contribution is -2.65. The Labute approximate surface area is 241 Å². The zero-order chi connectivity index (χ0) is 29.9. The summed E-state index contributed by atoms with van der Waals surface area (Å²) in [5.74, 6) is -2.21. The van der Waals surface area contributed by atoms with Crippen LogP contribution in [0.2, 0.25) is 0 Å². The van der Waals surface area contributed by atoms with E-state index >= 15 is 4.39 Å². The Bertz CT molecular complexity index is 1200. The highest BCUT2D eigenvalue weighted by Crippen LogP contribution is 2.68. The van der Waals surface area contributed by atoms with Crippen LogP contribution in [0.15, 0.2) is 12.1 Å². The molecule has 41 heavy (non-hydrogen) atoms. The van der Waals surface area contributed by atoms with Crippen LogP contribution in [0.3, 0.4) is 0 Å². The molecule has 11 heteroatoms. The van der Waals surface area contributed by atoms with Crippen molar-refractivity contribution in [1.29, 1.82) is 0 Å². The maximum atomic E-state index is 15.0. The molecule has 4 aliphatic rings. The summed E-state index contributed by atoms with van der Waals surface area (Å²) in [6.07, 6.45) is 0.132. The number of likely N-dealkylation sites (N-methyl/N-ethyl adjacent to an activating group) is 1. The summed E-state index contributed by atoms with van der Waals surface area (Å²) in [4.78, 5) is 27.0. The van der Waals surface area contributed by atoms with Crippen LogP contribution in [0.5, 0.6) is 5.75 Å². The van der Waals surface area contributed by atoms with Crippen LogP contribution >= 0.6 is 0 Å². The summed E-state index contributed by atoms with van der Waals surface area (Å²) in [5.41, 5.74) is -1.74. The molecule has 9 atom stereocenters. The fourth-order valence-electron chi connectivity index (χ4n) is 8.76. The predicted molar refractivity (Wildman–Crippen MR) is 149 cm³/mol. The maximum Gasteiger partial charge on any atom is 0.494 e. The van der Waals surface area contributed by atoms with Crippen molar-refractivity contribution >= 4 is 24.3 Å². The average molecular weight is 575 g/mol. The van der Waals surface area contributed by atoms with Crippen LogP contribution in [0.25, 0.3) is 0 Å². The SMILES string of the molecule is CNC[C@H](O)[C@]1(C)C[C@@H](OC(=O)COc2ccc3c(c2F)B(O)OC3)[C@@]2(C)[C@@H]3C(=O)CC[C@@]3(CC[C@@H]2C)[C@@H](C)[C@@H]1O. The minimum atomic E-state index is -1.40. The Hall–Kier alpha value is -2.05. The monoisotopic (exact) mass is 575 g/mol. The van der Waals surface area contributed by atoms with Gasteiger partial charge >= 0.3 is 13.1 Å². The molecule has 2 bridgehead atoms. The minimum Gasteiger partial charge on any atom is -0.479 e. The molecule has 0 aromatic heterocycles. The summed E-state index contributed by atoms with van der Waals surface area (Å²) in [7, 11) is 0.328. The number of benzene rings is 1. The number of carbonyl (C=O) groups excluding carboxylic acids is 2. The van der Waals surface area contributed by atoms with E-state index in [1.165, 1.54) is 6.07 Å². The van der Waals surface area contributed by atoms with Gasteiger partial charge in [-0.2, -0.15) is 0 Å². The van der Waals surface area contributed by atoms with Gasteiger partial charge in [-0.25, -0.2) is 9.18 Å². The van der Waals surface area contributed by atoms with Gasteiger partial charge in [0.15, 0.2) is 18.2 Å². The second-order valence-electron chi connectivity index (χ2n) is 13.3. The molecule has 3 saturated carbocycles. The first-order chi connectivity index (χ1) is 19.3. The van der Waals surface area contributed by atoms with Gasteiger partial charge in [-0.1, -0.05) is 33.8 Å². The Morgan fingerprint density at radius 3 is 2.73 bits per heavy atom. The van der Waals surface area contributed by atoms with E-state index in [0.717, 1.165) is 12.8 Å². The molecule has 1 aromatic rings. The molecule has 4 N–H and O–H groups in total. The van der Waals surface area contributed by atoms with E-state index in [9.17, 15) is 24.8 Å². The number of halogens is 1. The van der Waals surface area contributed by atoms with E-state index in [2.05, 4.69) is 12.2 Å². The van der Waals surface area contributed by atoms with Crippen molar-refractivity contribution in [2.24, 2.45) is 34.0 Å². The summed E-state index contributed by atoms with van der Waals surface area (Å²) in [5, 5.41) is 36.2. The summed E-state index contributed by atoms with van der Waals surface area (Å²) in [6.45, 7) is 7.67. The van der Waals surface area contributed by atoms with E-state index in [0.29, 0.717) is 18.4 Å². The molecule has 1 aliphatic heterocycles. The van der Waals surface area contributed by atoms with Gasteiger partial charge < -0.3 is 34.7 Å². The number of carbonyl (C=O) groups is 2. The van der Waals surface area contributed by atoms with E-state index in [4.69, 9.17) is 14.1 Å². The number of aliphatic hydroxyl groups is 2. The average Bonchev–Trinajstić information content (AvgIpc) is 3.49. The molecule has 0 unspecified atom stereocenters. The highest BCUT2D eigenvalue weighted by atomic mass is 19.1. The summed E-state index contributed by atoms with van der Waals surface area (Å²) >= 11 is 0. The third-order valence-electron chi connectivity index (χ3n) is 11.5. The van der Waals surface area contributed by atoms with Crippen LogP contribution in [-0.2, 0) is 25.6 Å². The number of ether oxygens (including phenoxy) is 2. The lowest BCUT2D eigenvalue weighted by atomic mass is 9.43. The lowest BCUT2D eigenvalue weighted by molar-refractivity contribution is -0.223. The van der Waals surface area contributed by atoms with E-state index in [-0.39, 0.29) is 48.4 Å². The first kappa shape index (κ1) is 30.4. The Balaban J connectivity index is 1.47. The molecule has 0 spiro atoms. The van der Waals surface area contributed by atoms with Crippen LogP contribution in [0, 0.1) is 39.8 Å². The molecular formula is C30H43BFNO8. The topological polar surface area (TPSA) is 135 Å².